The molecule has 7 nitrogen and oxygen atoms in total. The second-order valence-corrected chi connectivity index (χ2v) is 8.81. The molecular formula is C24H21Cl2N3O4. The van der Waals surface area contributed by atoms with E-state index in [1.54, 1.807) is 32.4 Å². The zero-order chi connectivity index (χ0) is 23.4. The maximum Gasteiger partial charge on any atom is 0.331 e. The van der Waals surface area contributed by atoms with Gasteiger partial charge in [-0.15, -0.1) is 0 Å². The first kappa shape index (κ1) is 21.8. The molecule has 0 amide bonds. The van der Waals surface area contributed by atoms with Crippen molar-refractivity contribution < 1.29 is 9.47 Å². The van der Waals surface area contributed by atoms with Crippen molar-refractivity contribution in [3.05, 3.63) is 84.6 Å². The normalized spacial score (nSPS) is 15.6. The molecule has 1 aliphatic heterocycles. The highest BCUT2D eigenvalue weighted by Crippen LogP contribution is 2.43. The number of fused-ring (bicyclic) bond motifs is 3. The molecule has 4 aromatic rings. The molecule has 0 saturated heterocycles. The van der Waals surface area contributed by atoms with Crippen LogP contribution in [0.3, 0.4) is 0 Å². The molecule has 1 unspecified atom stereocenters. The van der Waals surface area contributed by atoms with Crippen molar-refractivity contribution in [3.8, 4) is 17.0 Å². The Morgan fingerprint density at radius 3 is 2.58 bits per heavy atom. The number of aromatic nitrogens is 3. The number of aryl methyl sites for hydroxylation is 1. The van der Waals surface area contributed by atoms with Gasteiger partial charge in [-0.2, -0.15) is 0 Å². The summed E-state index contributed by atoms with van der Waals surface area (Å²) < 4.78 is 16.3. The molecule has 9 heteroatoms. The molecule has 170 valence electrons. The topological polar surface area (TPSA) is 67.4 Å². The summed E-state index contributed by atoms with van der Waals surface area (Å²) in [4.78, 5) is 26.3. The van der Waals surface area contributed by atoms with Gasteiger partial charge >= 0.3 is 5.69 Å². The summed E-state index contributed by atoms with van der Waals surface area (Å²) in [6.07, 6.45) is -0.506. The molecule has 1 aliphatic rings. The van der Waals surface area contributed by atoms with Crippen LogP contribution in [0.2, 0.25) is 10.0 Å². The van der Waals surface area contributed by atoms with Crippen LogP contribution in [0.15, 0.2) is 52.1 Å². The van der Waals surface area contributed by atoms with Gasteiger partial charge in [-0.25, -0.2) is 4.79 Å². The van der Waals surface area contributed by atoms with E-state index in [1.807, 2.05) is 28.8 Å². The highest BCUT2D eigenvalue weighted by Gasteiger charge is 2.33. The van der Waals surface area contributed by atoms with Gasteiger partial charge in [0.25, 0.3) is 5.56 Å². The number of benzene rings is 2. The van der Waals surface area contributed by atoms with Crippen LogP contribution in [-0.4, -0.2) is 27.4 Å². The Bertz CT molecular complexity index is 1530. The lowest BCUT2D eigenvalue weighted by molar-refractivity contribution is 0.0477. The van der Waals surface area contributed by atoms with Crippen LogP contribution < -0.4 is 16.0 Å². The van der Waals surface area contributed by atoms with E-state index in [-0.39, 0.29) is 5.56 Å². The Kier molecular flexibility index (Phi) is 5.35. The standard InChI is InChI=1S/C24H21Cl2N3O4/c1-27-20-18(23(30)28(2)24(27)31)19(16-8-7-14(25)12-17(16)26)29-9-10-33-22(21(20)29)13-5-4-6-15(11-13)32-3/h4-8,11-12,22H,9-10H2,1-3H3. The first-order chi connectivity index (χ1) is 15.8. The van der Waals surface area contributed by atoms with Gasteiger partial charge < -0.3 is 14.0 Å². The number of hydrogen-bond donors (Lipinski definition) is 0. The van der Waals surface area contributed by atoms with Crippen LogP contribution in [0.4, 0.5) is 0 Å². The molecule has 33 heavy (non-hydrogen) atoms. The fraction of sp³-hybridized carbons (Fsp3) is 0.250. The van der Waals surface area contributed by atoms with Crippen molar-refractivity contribution in [2.75, 3.05) is 13.7 Å². The van der Waals surface area contributed by atoms with Crippen molar-refractivity contribution in [2.24, 2.45) is 14.1 Å². The van der Waals surface area contributed by atoms with E-state index in [1.165, 1.54) is 11.6 Å². The molecule has 0 bridgehead atoms. The molecule has 0 aliphatic carbocycles. The molecule has 0 fully saturated rings. The van der Waals surface area contributed by atoms with Gasteiger partial charge in [0.1, 0.15) is 11.9 Å². The fourth-order valence-electron chi connectivity index (χ4n) is 4.60. The average Bonchev–Trinajstić information content (AvgIpc) is 3.16. The zero-order valence-corrected chi connectivity index (χ0v) is 19.8. The van der Waals surface area contributed by atoms with Gasteiger partial charge in [-0.3, -0.25) is 13.9 Å². The summed E-state index contributed by atoms with van der Waals surface area (Å²) in [6, 6.07) is 12.8. The van der Waals surface area contributed by atoms with Crippen molar-refractivity contribution in [3.63, 3.8) is 0 Å². The van der Waals surface area contributed by atoms with Gasteiger partial charge in [0.05, 0.1) is 41.0 Å². The van der Waals surface area contributed by atoms with Crippen LogP contribution in [-0.2, 0) is 25.4 Å². The Morgan fingerprint density at radius 2 is 1.85 bits per heavy atom. The number of ether oxygens (including phenoxy) is 2. The molecule has 5 rings (SSSR count). The summed E-state index contributed by atoms with van der Waals surface area (Å²) in [7, 11) is 4.74. The average molecular weight is 486 g/mol. The molecule has 3 heterocycles. The zero-order valence-electron chi connectivity index (χ0n) is 18.3. The highest BCUT2D eigenvalue weighted by molar-refractivity contribution is 6.36. The van der Waals surface area contributed by atoms with E-state index in [2.05, 4.69) is 0 Å². The first-order valence-electron chi connectivity index (χ1n) is 10.4. The number of rotatable bonds is 3. The van der Waals surface area contributed by atoms with Gasteiger partial charge in [0.15, 0.2) is 0 Å². The summed E-state index contributed by atoms with van der Waals surface area (Å²) >= 11 is 12.7. The SMILES string of the molecule is COc1cccc(C2OCCn3c(-c4ccc(Cl)cc4Cl)c4c(=O)n(C)c(=O)n(C)c4c32)c1. The summed E-state index contributed by atoms with van der Waals surface area (Å²) in [5.74, 6) is 0.690. The molecule has 0 spiro atoms. The van der Waals surface area contributed by atoms with Gasteiger partial charge in [0.2, 0.25) is 0 Å². The first-order valence-corrected chi connectivity index (χ1v) is 11.1. The Hall–Kier alpha value is -3.00. The van der Waals surface area contributed by atoms with Gasteiger partial charge in [-0.05, 0) is 35.9 Å². The lowest BCUT2D eigenvalue weighted by Gasteiger charge is -2.28. The van der Waals surface area contributed by atoms with Crippen LogP contribution >= 0.6 is 23.2 Å². The summed E-state index contributed by atoms with van der Waals surface area (Å²) in [5, 5.41) is 1.33. The fourth-order valence-corrected chi connectivity index (χ4v) is 5.10. The smallest absolute Gasteiger partial charge is 0.331 e. The largest absolute Gasteiger partial charge is 0.497 e. The second-order valence-electron chi connectivity index (χ2n) is 7.97. The minimum Gasteiger partial charge on any atom is -0.497 e. The van der Waals surface area contributed by atoms with Gasteiger partial charge in [-0.1, -0.05) is 35.3 Å². The van der Waals surface area contributed by atoms with Crippen molar-refractivity contribution in [1.29, 1.82) is 0 Å². The second kappa shape index (κ2) is 8.09. The molecule has 0 N–H and O–H groups in total. The predicted molar refractivity (Wildman–Crippen MR) is 129 cm³/mol. The number of hydrogen-bond acceptors (Lipinski definition) is 4. The monoisotopic (exact) mass is 485 g/mol. The van der Waals surface area contributed by atoms with E-state index < -0.39 is 11.8 Å². The molecule has 2 aromatic carbocycles. The minimum absolute atomic E-state index is 0.389. The van der Waals surface area contributed by atoms with E-state index in [0.29, 0.717) is 51.1 Å². The Labute approximate surface area is 199 Å². The van der Waals surface area contributed by atoms with E-state index >= 15 is 0 Å². The molecular weight excluding hydrogens is 465 g/mol. The lowest BCUT2D eigenvalue weighted by atomic mass is 10.0. The maximum absolute atomic E-state index is 13.4. The molecule has 1 atom stereocenters. The third-order valence-electron chi connectivity index (χ3n) is 6.14. The van der Waals surface area contributed by atoms with E-state index in [4.69, 9.17) is 32.7 Å². The molecule has 0 radical (unpaired) electrons. The maximum atomic E-state index is 13.4. The van der Waals surface area contributed by atoms with Crippen LogP contribution in [0, 0.1) is 0 Å². The Morgan fingerprint density at radius 1 is 1.06 bits per heavy atom. The van der Waals surface area contributed by atoms with Crippen LogP contribution in [0.25, 0.3) is 22.2 Å². The highest BCUT2D eigenvalue weighted by atomic mass is 35.5. The summed E-state index contributed by atoms with van der Waals surface area (Å²) in [5.41, 5.74) is 2.62. The van der Waals surface area contributed by atoms with Crippen molar-refractivity contribution in [1.82, 2.24) is 13.7 Å². The minimum atomic E-state index is -0.506. The third-order valence-corrected chi connectivity index (χ3v) is 6.68. The number of nitrogens with zero attached hydrogens (tertiary/aromatic N) is 3. The molecule has 2 aromatic heterocycles. The number of halogens is 2. The quantitative estimate of drug-likeness (QED) is 0.437. The van der Waals surface area contributed by atoms with E-state index in [9.17, 15) is 9.59 Å². The predicted octanol–water partition coefficient (Wildman–Crippen LogP) is 4.14. The number of methoxy groups -OCH3 is 1. The van der Waals surface area contributed by atoms with Gasteiger partial charge in [0, 0.05) is 31.2 Å². The van der Waals surface area contributed by atoms with Crippen molar-refractivity contribution >= 4 is 34.1 Å². The van der Waals surface area contributed by atoms with Crippen LogP contribution in [0.5, 0.6) is 5.75 Å². The summed E-state index contributed by atoms with van der Waals surface area (Å²) in [6.45, 7) is 0.915. The van der Waals surface area contributed by atoms with Crippen molar-refractivity contribution in [2.45, 2.75) is 12.6 Å². The van der Waals surface area contributed by atoms with Crippen LogP contribution in [0.1, 0.15) is 17.4 Å². The third kappa shape index (κ3) is 3.30. The van der Waals surface area contributed by atoms with E-state index in [0.717, 1.165) is 15.8 Å². The Balaban J connectivity index is 1.94. The molecule has 0 saturated carbocycles. The lowest BCUT2D eigenvalue weighted by Crippen LogP contribution is -2.37.